The normalized spacial score (nSPS) is 17.7. The zero-order valence-electron chi connectivity index (χ0n) is 35.4. The molecule has 3 aromatic carbocycles. The first-order chi connectivity index (χ1) is 31.5. The molecule has 8 rings (SSSR count). The second-order valence-electron chi connectivity index (χ2n) is 16.5. The fourth-order valence-electron chi connectivity index (χ4n) is 8.81. The molecule has 1 atom stereocenters. The Bertz CT molecular complexity index is 2940. The maximum atomic E-state index is 15.9. The van der Waals surface area contributed by atoms with E-state index in [1.165, 1.54) is 25.6 Å². The summed E-state index contributed by atoms with van der Waals surface area (Å²) in [4.78, 5) is 75.2. The zero-order valence-corrected chi connectivity index (χ0v) is 37.8. The smallest absolute Gasteiger partial charge is 0.349 e. The highest BCUT2D eigenvalue weighted by atomic mass is 35.5. The van der Waals surface area contributed by atoms with E-state index in [0.29, 0.717) is 72.4 Å². The molecular weight excluding hydrogens is 921 g/mol. The minimum absolute atomic E-state index is 0.0193. The molecule has 5 N–H and O–H groups in total. The highest BCUT2D eigenvalue weighted by molar-refractivity contribution is 7.88. The molecule has 3 saturated heterocycles. The largest absolute Gasteiger partial charge is 0.479 e. The summed E-state index contributed by atoms with van der Waals surface area (Å²) < 4.78 is 52.6. The number of aromatic carboxylic acids is 1. The molecule has 66 heavy (non-hydrogen) atoms. The molecule has 0 spiro atoms. The number of ether oxygens (including phenoxy) is 1. The molecular formula is C44H45ClFN7O11S2. The molecule has 0 saturated carbocycles. The molecule has 1 unspecified atom stereocenters. The Morgan fingerprint density at radius 2 is 1.67 bits per heavy atom. The number of imidazole rings is 1. The third kappa shape index (κ3) is 9.51. The second kappa shape index (κ2) is 18.9. The lowest BCUT2D eigenvalue weighted by Gasteiger charge is -2.32. The number of carboxylic acids is 2. The standard InChI is InChI=1S/C44H45ClFN7O11S2/c1-50-33-21-26(8-9-31(33)53(44(50)61)32-10-11-34(54)49-41(32)57)25-12-16-51(17-13-25)43(60)48-28-5-2-4-24(20-28)23-66(62,63)52-18-14-27(15-19-52)47-30-7-3-6-29(37(30)46)39-36(45)38(64-22-35(55)56)40(65-39)42(58)59/h2-9,20-21,25,27,32,47H,10-19,22-23H2,1H3,(H,48,60)(H,55,56)(H,58,59)(H,49,54,57). The number of nitrogens with zero attached hydrogens (tertiary/aromatic N) is 4. The summed E-state index contributed by atoms with van der Waals surface area (Å²) in [6.45, 7) is 0.412. The zero-order chi connectivity index (χ0) is 47.0. The number of rotatable bonds is 13. The van der Waals surface area contributed by atoms with Crippen molar-refractivity contribution in [3.05, 3.63) is 98.0 Å². The number of hydrogen-bond acceptors (Lipinski definition) is 11. The number of hydrogen-bond donors (Lipinski definition) is 5. The molecule has 2 aromatic heterocycles. The van der Waals surface area contributed by atoms with Crippen LogP contribution in [0.3, 0.4) is 0 Å². The summed E-state index contributed by atoms with van der Waals surface area (Å²) in [7, 11) is -2.13. The Morgan fingerprint density at radius 3 is 2.36 bits per heavy atom. The molecule has 18 nitrogen and oxygen atoms in total. The van der Waals surface area contributed by atoms with Crippen LogP contribution in [-0.4, -0.2) is 106 Å². The van der Waals surface area contributed by atoms with Crippen molar-refractivity contribution in [2.24, 2.45) is 7.05 Å². The van der Waals surface area contributed by atoms with Gasteiger partial charge in [-0.1, -0.05) is 41.9 Å². The van der Waals surface area contributed by atoms with Crippen LogP contribution in [0.15, 0.2) is 65.5 Å². The summed E-state index contributed by atoms with van der Waals surface area (Å²) in [5.41, 5.74) is 2.95. The van der Waals surface area contributed by atoms with Crippen LogP contribution in [0.4, 0.5) is 20.6 Å². The van der Waals surface area contributed by atoms with Gasteiger partial charge in [0.15, 0.2) is 23.1 Å². The molecule has 3 aliphatic rings. The number of anilines is 2. The van der Waals surface area contributed by atoms with Gasteiger partial charge in [0.1, 0.15) is 11.1 Å². The van der Waals surface area contributed by atoms with E-state index in [-0.39, 0.29) is 93.0 Å². The van der Waals surface area contributed by atoms with Crippen molar-refractivity contribution >= 4 is 85.2 Å². The first-order valence-electron chi connectivity index (χ1n) is 21.1. The molecule has 0 aliphatic carbocycles. The Morgan fingerprint density at radius 1 is 0.939 bits per heavy atom. The number of halogens is 2. The van der Waals surface area contributed by atoms with Gasteiger partial charge < -0.3 is 30.5 Å². The van der Waals surface area contributed by atoms with Crippen molar-refractivity contribution in [1.82, 2.24) is 23.7 Å². The SMILES string of the molecule is Cn1c(=O)n(C2CCC(=O)NC2=O)c2ccc(C3CCN(C(=O)Nc4cccc(CS(=O)(=O)N5CCC(Nc6cccc(-c7sc(C(=O)O)c(OCC(=O)O)c7Cl)c6F)CC5)c4)CC3)cc21. The number of likely N-dealkylation sites (tertiary alicyclic amines) is 1. The van der Waals surface area contributed by atoms with Gasteiger partial charge in [0, 0.05) is 56.9 Å². The monoisotopic (exact) mass is 965 g/mol. The number of thiophene rings is 1. The number of benzene rings is 3. The number of piperidine rings is 3. The number of amides is 4. The van der Waals surface area contributed by atoms with Gasteiger partial charge in [-0.2, -0.15) is 0 Å². The highest BCUT2D eigenvalue weighted by Crippen LogP contribution is 2.47. The number of aliphatic carboxylic acids is 1. The van der Waals surface area contributed by atoms with Gasteiger partial charge in [-0.05, 0) is 79.5 Å². The van der Waals surface area contributed by atoms with Crippen LogP contribution in [0, 0.1) is 5.82 Å². The van der Waals surface area contributed by atoms with Gasteiger partial charge >= 0.3 is 23.7 Å². The van der Waals surface area contributed by atoms with E-state index >= 15 is 4.39 Å². The minimum Gasteiger partial charge on any atom is -0.479 e. The average molecular weight is 966 g/mol. The first kappa shape index (κ1) is 46.2. The summed E-state index contributed by atoms with van der Waals surface area (Å²) in [6, 6.07) is 15.5. The number of urea groups is 1. The molecule has 5 heterocycles. The minimum atomic E-state index is -3.79. The Labute approximate surface area is 385 Å². The van der Waals surface area contributed by atoms with Crippen LogP contribution >= 0.6 is 22.9 Å². The molecule has 3 aliphatic heterocycles. The predicted octanol–water partition coefficient (Wildman–Crippen LogP) is 5.82. The van der Waals surface area contributed by atoms with E-state index in [9.17, 15) is 42.3 Å². The van der Waals surface area contributed by atoms with E-state index in [1.54, 1.807) is 42.3 Å². The van der Waals surface area contributed by atoms with Crippen molar-refractivity contribution in [2.45, 2.75) is 62.3 Å². The van der Waals surface area contributed by atoms with Crippen molar-refractivity contribution in [3.8, 4) is 16.2 Å². The van der Waals surface area contributed by atoms with Crippen molar-refractivity contribution in [3.63, 3.8) is 0 Å². The number of imide groups is 1. The van der Waals surface area contributed by atoms with Crippen molar-refractivity contribution < 1.29 is 51.7 Å². The molecule has 4 amide bonds. The summed E-state index contributed by atoms with van der Waals surface area (Å²) in [5, 5.41) is 26.8. The lowest BCUT2D eigenvalue weighted by Crippen LogP contribution is -2.44. The van der Waals surface area contributed by atoms with Gasteiger partial charge in [-0.3, -0.25) is 24.0 Å². The van der Waals surface area contributed by atoms with E-state index in [0.717, 1.165) is 5.56 Å². The van der Waals surface area contributed by atoms with Gasteiger partial charge in [-0.15, -0.1) is 11.3 Å². The number of nitrogens with one attached hydrogen (secondary N) is 3. The number of fused-ring (bicyclic) bond motifs is 1. The van der Waals surface area contributed by atoms with Crippen LogP contribution in [0.2, 0.25) is 5.02 Å². The van der Waals surface area contributed by atoms with Crippen molar-refractivity contribution in [2.75, 3.05) is 43.4 Å². The first-order valence-corrected chi connectivity index (χ1v) is 23.9. The van der Waals surface area contributed by atoms with Crippen LogP contribution in [0.25, 0.3) is 21.5 Å². The van der Waals surface area contributed by atoms with Gasteiger partial charge in [0.2, 0.25) is 21.8 Å². The number of carbonyl (C=O) groups is 5. The molecule has 22 heteroatoms. The summed E-state index contributed by atoms with van der Waals surface area (Å²) >= 11 is 7.04. The molecule has 0 bridgehead atoms. The van der Waals surface area contributed by atoms with Crippen LogP contribution in [-0.2, 0) is 37.2 Å². The maximum Gasteiger partial charge on any atom is 0.349 e. The maximum absolute atomic E-state index is 15.9. The summed E-state index contributed by atoms with van der Waals surface area (Å²) in [5.74, 6) is -4.89. The highest BCUT2D eigenvalue weighted by Gasteiger charge is 2.33. The topological polar surface area (TPSA) is 239 Å². The van der Waals surface area contributed by atoms with E-state index < -0.39 is 46.3 Å². The number of carbonyl (C=O) groups excluding carboxylic acids is 3. The van der Waals surface area contributed by atoms with E-state index in [1.807, 2.05) is 18.2 Å². The Kier molecular flexibility index (Phi) is 13.2. The van der Waals surface area contributed by atoms with Gasteiger partial charge in [0.05, 0.1) is 27.4 Å². The second-order valence-corrected chi connectivity index (χ2v) is 19.8. The van der Waals surface area contributed by atoms with Crippen LogP contribution < -0.4 is 26.4 Å². The average Bonchev–Trinajstić information content (AvgIpc) is 3.74. The third-order valence-electron chi connectivity index (χ3n) is 12.2. The third-order valence-corrected chi connectivity index (χ3v) is 15.7. The lowest BCUT2D eigenvalue weighted by molar-refractivity contribution is -0.139. The van der Waals surface area contributed by atoms with E-state index in [4.69, 9.17) is 21.4 Å². The quantitative estimate of drug-likeness (QED) is 0.0878. The number of carboxylic acid groups (broad SMARTS) is 2. The fourth-order valence-corrected chi connectivity index (χ4v) is 11.8. The van der Waals surface area contributed by atoms with Crippen LogP contribution in [0.5, 0.6) is 5.75 Å². The Balaban J connectivity index is 0.839. The van der Waals surface area contributed by atoms with Crippen molar-refractivity contribution in [1.29, 1.82) is 0 Å². The fraction of sp³-hybridized carbons (Fsp3) is 0.364. The van der Waals surface area contributed by atoms with E-state index in [2.05, 4.69) is 16.0 Å². The number of sulfonamides is 1. The molecule has 3 fully saturated rings. The molecule has 0 radical (unpaired) electrons. The predicted molar refractivity (Wildman–Crippen MR) is 243 cm³/mol. The summed E-state index contributed by atoms with van der Waals surface area (Å²) in [6.07, 6.45) is 2.45. The Hall–Kier alpha value is -6.29. The number of aromatic nitrogens is 2. The number of aryl methyl sites for hydroxylation is 1. The molecule has 5 aromatic rings. The van der Waals surface area contributed by atoms with Gasteiger partial charge in [0.25, 0.3) is 0 Å². The van der Waals surface area contributed by atoms with Gasteiger partial charge in [-0.25, -0.2) is 36.3 Å². The molecule has 348 valence electrons. The lowest BCUT2D eigenvalue weighted by atomic mass is 9.89. The van der Waals surface area contributed by atoms with Crippen LogP contribution in [0.1, 0.15) is 71.3 Å².